The van der Waals surface area contributed by atoms with Crippen LogP contribution < -0.4 is 0 Å². The van der Waals surface area contributed by atoms with E-state index in [9.17, 15) is 0 Å². The van der Waals surface area contributed by atoms with E-state index in [0.717, 1.165) is 4.88 Å². The predicted molar refractivity (Wildman–Crippen MR) is 49.2 cm³/mol. The summed E-state index contributed by atoms with van der Waals surface area (Å²) in [5.74, 6) is 0. The zero-order valence-electron chi connectivity index (χ0n) is 5.92. The molecule has 0 saturated heterocycles. The quantitative estimate of drug-likeness (QED) is 0.609. The van der Waals surface area contributed by atoms with Gasteiger partial charge in [-0.15, -0.1) is 22.7 Å². The van der Waals surface area contributed by atoms with Gasteiger partial charge in [0.05, 0.1) is 4.01 Å². The fraction of sp³-hybridized carbons (Fsp3) is 0.125. The van der Waals surface area contributed by atoms with Crippen LogP contribution >= 0.6 is 22.7 Å². The number of fused-ring (bicyclic) bond motifs is 1. The topological polar surface area (TPSA) is 23.8 Å². The predicted octanol–water partition coefficient (Wildman–Crippen LogP) is 3.14. The Hall–Kier alpha value is -0.850. The smallest absolute Gasteiger partial charge is 0.110 e. The first-order chi connectivity index (χ1) is 5.31. The molecule has 3 heteroatoms. The Kier molecular flexibility index (Phi) is 1.45. The molecule has 2 heterocycles. The Morgan fingerprint density at radius 3 is 3.00 bits per heavy atom. The Labute approximate surface area is 72.5 Å². The molecule has 11 heavy (non-hydrogen) atoms. The summed E-state index contributed by atoms with van der Waals surface area (Å²) in [5, 5.41) is 12.0. The van der Waals surface area contributed by atoms with Crippen LogP contribution in [0.4, 0.5) is 0 Å². The van der Waals surface area contributed by atoms with Gasteiger partial charge in [-0.05, 0) is 23.9 Å². The summed E-state index contributed by atoms with van der Waals surface area (Å²) >= 11 is 3.29. The van der Waals surface area contributed by atoms with E-state index in [0.29, 0.717) is 0 Å². The minimum atomic E-state index is 0.815. The highest BCUT2D eigenvalue weighted by Crippen LogP contribution is 2.32. The van der Waals surface area contributed by atoms with Crippen LogP contribution in [-0.4, -0.2) is 0 Å². The van der Waals surface area contributed by atoms with E-state index < -0.39 is 0 Å². The number of hydrogen-bond donors (Lipinski definition) is 0. The van der Waals surface area contributed by atoms with Crippen LogP contribution in [0, 0.1) is 18.3 Å². The Bertz CT molecular complexity index is 430. The van der Waals surface area contributed by atoms with Gasteiger partial charge in [0.1, 0.15) is 10.9 Å². The summed E-state index contributed by atoms with van der Waals surface area (Å²) in [4.78, 5) is 0.815. The van der Waals surface area contributed by atoms with Crippen molar-refractivity contribution in [1.29, 1.82) is 5.26 Å². The molecule has 0 bridgehead atoms. The highest BCUT2D eigenvalue weighted by molar-refractivity contribution is 7.37. The van der Waals surface area contributed by atoms with Crippen molar-refractivity contribution < 1.29 is 0 Å². The lowest BCUT2D eigenvalue weighted by atomic mass is 10.3. The molecule has 0 saturated carbocycles. The van der Waals surface area contributed by atoms with E-state index in [1.54, 1.807) is 22.7 Å². The highest BCUT2D eigenvalue weighted by Gasteiger charge is 2.04. The fourth-order valence-electron chi connectivity index (χ4n) is 0.997. The molecule has 0 aliphatic carbocycles. The van der Waals surface area contributed by atoms with Crippen LogP contribution in [0.2, 0.25) is 0 Å². The molecule has 0 unspecified atom stereocenters. The second-order valence-electron chi connectivity index (χ2n) is 2.34. The first-order valence-corrected chi connectivity index (χ1v) is 4.88. The summed E-state index contributed by atoms with van der Waals surface area (Å²) in [6.45, 7) is 2.08. The van der Waals surface area contributed by atoms with E-state index in [2.05, 4.69) is 18.4 Å². The van der Waals surface area contributed by atoms with E-state index in [1.165, 1.54) is 15.0 Å². The van der Waals surface area contributed by atoms with Gasteiger partial charge in [0.2, 0.25) is 0 Å². The first kappa shape index (κ1) is 6.84. The molecule has 0 atom stereocenters. The third kappa shape index (κ3) is 0.953. The Balaban J connectivity index is 2.82. The van der Waals surface area contributed by atoms with E-state index >= 15 is 0 Å². The van der Waals surface area contributed by atoms with Gasteiger partial charge in [0, 0.05) is 5.39 Å². The van der Waals surface area contributed by atoms with Crippen molar-refractivity contribution in [3.05, 3.63) is 21.9 Å². The van der Waals surface area contributed by atoms with Crippen LogP contribution in [-0.2, 0) is 0 Å². The van der Waals surface area contributed by atoms with E-state index in [4.69, 9.17) is 5.26 Å². The number of nitrogens with zero attached hydrogens (tertiary/aromatic N) is 1. The highest BCUT2D eigenvalue weighted by atomic mass is 32.2. The van der Waals surface area contributed by atoms with Crippen molar-refractivity contribution in [3.8, 4) is 6.07 Å². The standard InChI is InChI=1S/C8H5NS2/c1-5-4-10-8-7(5)2-6(3-9)11-8/h2,4H,1H3. The van der Waals surface area contributed by atoms with Crippen molar-refractivity contribution in [2.45, 2.75) is 6.92 Å². The summed E-state index contributed by atoms with van der Waals surface area (Å²) in [6.07, 6.45) is 0. The molecular formula is C8H5NS2. The summed E-state index contributed by atoms with van der Waals surface area (Å²) < 4.78 is 1.26. The average Bonchev–Trinajstić information content (AvgIpc) is 2.53. The van der Waals surface area contributed by atoms with Crippen LogP contribution in [0.5, 0.6) is 0 Å². The lowest BCUT2D eigenvalue weighted by molar-refractivity contribution is 1.52. The molecule has 2 aromatic heterocycles. The molecule has 0 spiro atoms. The number of hydrogen-bond acceptors (Lipinski definition) is 3. The van der Waals surface area contributed by atoms with Crippen molar-refractivity contribution >= 4 is 32.1 Å². The minimum absolute atomic E-state index is 0.815. The normalized spacial score (nSPS) is 10.2. The van der Waals surface area contributed by atoms with Gasteiger partial charge in [-0.1, -0.05) is 0 Å². The molecule has 1 nitrogen and oxygen atoms in total. The van der Waals surface area contributed by atoms with Crippen LogP contribution in [0.1, 0.15) is 10.4 Å². The summed E-state index contributed by atoms with van der Waals surface area (Å²) in [5.41, 5.74) is 1.28. The maximum atomic E-state index is 8.61. The van der Waals surface area contributed by atoms with Crippen molar-refractivity contribution in [2.75, 3.05) is 0 Å². The third-order valence-corrected chi connectivity index (χ3v) is 3.85. The van der Waals surface area contributed by atoms with Crippen LogP contribution in [0.15, 0.2) is 11.4 Å². The number of thiophene rings is 2. The van der Waals surface area contributed by atoms with Crippen molar-refractivity contribution in [3.63, 3.8) is 0 Å². The van der Waals surface area contributed by atoms with E-state index in [1.807, 2.05) is 6.07 Å². The molecule has 2 rings (SSSR count). The molecular weight excluding hydrogens is 174 g/mol. The van der Waals surface area contributed by atoms with Gasteiger partial charge < -0.3 is 0 Å². The summed E-state index contributed by atoms with van der Waals surface area (Å²) in [7, 11) is 0. The molecule has 0 aliphatic rings. The van der Waals surface area contributed by atoms with Gasteiger partial charge in [-0.2, -0.15) is 5.26 Å². The second-order valence-corrected chi connectivity index (χ2v) is 4.53. The molecule has 0 N–H and O–H groups in total. The zero-order valence-corrected chi connectivity index (χ0v) is 7.55. The van der Waals surface area contributed by atoms with Gasteiger partial charge in [-0.3, -0.25) is 0 Å². The lowest BCUT2D eigenvalue weighted by Crippen LogP contribution is -1.59. The Morgan fingerprint density at radius 2 is 2.36 bits per heavy atom. The molecule has 0 fully saturated rings. The van der Waals surface area contributed by atoms with Gasteiger partial charge in [0.25, 0.3) is 0 Å². The van der Waals surface area contributed by atoms with Crippen molar-refractivity contribution in [2.24, 2.45) is 0 Å². The molecule has 54 valence electrons. The van der Waals surface area contributed by atoms with Gasteiger partial charge >= 0.3 is 0 Å². The second kappa shape index (κ2) is 2.33. The van der Waals surface area contributed by atoms with Crippen molar-refractivity contribution in [1.82, 2.24) is 0 Å². The SMILES string of the molecule is Cc1csc2sc(C#N)cc12. The number of nitriles is 1. The third-order valence-electron chi connectivity index (χ3n) is 1.58. The first-order valence-electron chi connectivity index (χ1n) is 3.19. The fourth-order valence-corrected chi connectivity index (χ4v) is 3.11. The largest absolute Gasteiger partial charge is 0.192 e. The number of aryl methyl sites for hydroxylation is 1. The Morgan fingerprint density at radius 1 is 1.55 bits per heavy atom. The van der Waals surface area contributed by atoms with Crippen LogP contribution in [0.25, 0.3) is 9.40 Å². The zero-order chi connectivity index (χ0) is 7.84. The molecule has 0 radical (unpaired) electrons. The van der Waals surface area contributed by atoms with Gasteiger partial charge in [0.15, 0.2) is 0 Å². The lowest BCUT2D eigenvalue weighted by Gasteiger charge is -1.76. The maximum Gasteiger partial charge on any atom is 0.110 e. The van der Waals surface area contributed by atoms with Crippen LogP contribution in [0.3, 0.4) is 0 Å². The molecule has 0 aliphatic heterocycles. The van der Waals surface area contributed by atoms with Gasteiger partial charge in [-0.25, -0.2) is 0 Å². The van der Waals surface area contributed by atoms with E-state index in [-0.39, 0.29) is 0 Å². The summed E-state index contributed by atoms with van der Waals surface area (Å²) in [6, 6.07) is 4.12. The number of rotatable bonds is 0. The molecule has 0 aromatic carbocycles. The molecule has 2 aromatic rings. The maximum absolute atomic E-state index is 8.61. The minimum Gasteiger partial charge on any atom is -0.192 e. The monoisotopic (exact) mass is 179 g/mol. The molecule has 0 amide bonds. The average molecular weight is 179 g/mol.